The highest BCUT2D eigenvalue weighted by atomic mass is 19.1. The first-order valence-corrected chi connectivity index (χ1v) is 13.8. The Labute approximate surface area is 230 Å². The third kappa shape index (κ3) is 6.27. The molecule has 1 unspecified atom stereocenters. The molecule has 0 saturated carbocycles. The molecule has 0 bridgehead atoms. The first kappa shape index (κ1) is 29.0. The van der Waals surface area contributed by atoms with Crippen molar-refractivity contribution in [3.63, 3.8) is 0 Å². The number of hydrogen-bond acceptors (Lipinski definition) is 9. The third-order valence-electron chi connectivity index (χ3n) is 8.08. The number of likely N-dealkylation sites (tertiary alicyclic amines) is 1. The number of aromatic nitrogens is 3. The number of likely N-dealkylation sites (N-methyl/N-ethyl adjacent to an activating group) is 1. The number of ketones is 1. The van der Waals surface area contributed by atoms with Crippen LogP contribution in [0.5, 0.6) is 11.6 Å². The van der Waals surface area contributed by atoms with Gasteiger partial charge in [-0.15, -0.1) is 10.2 Å². The average Bonchev–Trinajstić information content (AvgIpc) is 3.30. The lowest BCUT2D eigenvalue weighted by molar-refractivity contribution is -0.108. The van der Waals surface area contributed by atoms with Crippen molar-refractivity contribution >= 4 is 17.9 Å². The number of halogens is 1. The SMILES string of the molecule is CC(C)C(C(=O)c1cc(F)ccc1Oc1nncnc1N1CCC2(C1)CN([C@@H](CCC=O)C(C)C)C2)N(C)C. The Balaban J connectivity index is 1.52. The van der Waals surface area contributed by atoms with Crippen LogP contribution in [0.1, 0.15) is 57.3 Å². The Morgan fingerprint density at radius 1 is 1.18 bits per heavy atom. The first-order chi connectivity index (χ1) is 18.5. The summed E-state index contributed by atoms with van der Waals surface area (Å²) in [6.07, 6.45) is 4.90. The van der Waals surface area contributed by atoms with E-state index in [1.54, 1.807) is 0 Å². The van der Waals surface area contributed by atoms with Crippen LogP contribution in [0.2, 0.25) is 0 Å². The zero-order valence-corrected chi connectivity index (χ0v) is 23.9. The van der Waals surface area contributed by atoms with Crippen LogP contribution in [0, 0.1) is 23.1 Å². The lowest BCUT2D eigenvalue weighted by atomic mass is 9.76. The summed E-state index contributed by atoms with van der Waals surface area (Å²) in [7, 11) is 3.67. The van der Waals surface area contributed by atoms with Crippen LogP contribution >= 0.6 is 0 Å². The van der Waals surface area contributed by atoms with E-state index in [2.05, 4.69) is 38.8 Å². The van der Waals surface area contributed by atoms with Gasteiger partial charge in [0, 0.05) is 44.1 Å². The fourth-order valence-corrected chi connectivity index (χ4v) is 6.32. The summed E-state index contributed by atoms with van der Waals surface area (Å²) >= 11 is 0. The third-order valence-corrected chi connectivity index (χ3v) is 8.08. The predicted octanol–water partition coefficient (Wildman–Crippen LogP) is 4.09. The highest BCUT2D eigenvalue weighted by Crippen LogP contribution is 2.44. The maximum absolute atomic E-state index is 14.3. The molecular formula is C29H41FN6O3. The van der Waals surface area contributed by atoms with Gasteiger partial charge >= 0.3 is 0 Å². The standard InChI is InChI=1S/C29H41FN6O3/c1-19(2)23(8-7-13-37)36-16-29(17-36)11-12-35(15-29)27-28(33-32-18-31-27)39-24-10-9-21(30)14-22(24)26(38)25(20(3)4)34(5)6/h9-10,13-14,18-20,23,25H,7-8,11-12,15-17H2,1-6H3/t23-,25?/m0/s1. The molecule has 0 radical (unpaired) electrons. The molecule has 0 N–H and O–H groups in total. The maximum atomic E-state index is 14.3. The molecule has 0 amide bonds. The van der Waals surface area contributed by atoms with Gasteiger partial charge in [-0.1, -0.05) is 27.7 Å². The number of ether oxygens (including phenoxy) is 1. The second kappa shape index (κ2) is 12.0. The van der Waals surface area contributed by atoms with Gasteiger partial charge in [-0.2, -0.15) is 0 Å². The number of carbonyl (C=O) groups excluding carboxylic acids is 2. The van der Waals surface area contributed by atoms with Gasteiger partial charge in [-0.05, 0) is 57.0 Å². The van der Waals surface area contributed by atoms with Crippen molar-refractivity contribution in [1.29, 1.82) is 0 Å². The number of Topliss-reactive ketones (excluding diaryl/α,β-unsaturated/α-hetero) is 1. The lowest BCUT2D eigenvalue weighted by Crippen LogP contribution is -2.61. The molecule has 2 saturated heterocycles. The molecule has 2 aliphatic rings. The number of hydrogen-bond donors (Lipinski definition) is 0. The molecule has 3 heterocycles. The summed E-state index contributed by atoms with van der Waals surface area (Å²) in [6, 6.07) is 3.94. The Morgan fingerprint density at radius 2 is 1.92 bits per heavy atom. The highest BCUT2D eigenvalue weighted by molar-refractivity contribution is 6.02. The lowest BCUT2D eigenvalue weighted by Gasteiger charge is -2.52. The molecule has 4 rings (SSSR count). The Hall–Kier alpha value is -2.98. The van der Waals surface area contributed by atoms with Crippen molar-refractivity contribution in [2.24, 2.45) is 17.3 Å². The molecular weight excluding hydrogens is 499 g/mol. The fraction of sp³-hybridized carbons (Fsp3) is 0.621. The van der Waals surface area contributed by atoms with Crippen LogP contribution in [0.15, 0.2) is 24.5 Å². The van der Waals surface area contributed by atoms with E-state index in [1.807, 2.05) is 32.8 Å². The summed E-state index contributed by atoms with van der Waals surface area (Å²) < 4.78 is 20.4. The van der Waals surface area contributed by atoms with Gasteiger partial charge in [-0.25, -0.2) is 9.37 Å². The van der Waals surface area contributed by atoms with Crippen LogP contribution in [-0.4, -0.2) is 89.4 Å². The number of nitrogens with zero attached hydrogens (tertiary/aromatic N) is 6. The zero-order chi connectivity index (χ0) is 28.3. The molecule has 2 aliphatic heterocycles. The summed E-state index contributed by atoms with van der Waals surface area (Å²) in [5.74, 6) is 0.785. The van der Waals surface area contributed by atoms with Crippen molar-refractivity contribution in [2.45, 2.75) is 59.0 Å². The topological polar surface area (TPSA) is 91.8 Å². The number of carbonyl (C=O) groups is 2. The minimum absolute atomic E-state index is 0.0222. The molecule has 212 valence electrons. The van der Waals surface area contributed by atoms with Crippen LogP contribution in [-0.2, 0) is 4.79 Å². The average molecular weight is 541 g/mol. The van der Waals surface area contributed by atoms with Crippen LogP contribution in [0.25, 0.3) is 0 Å². The molecule has 10 heteroatoms. The van der Waals surface area contributed by atoms with Crippen molar-refractivity contribution in [2.75, 3.05) is 45.2 Å². The quantitative estimate of drug-likeness (QED) is 0.292. The van der Waals surface area contributed by atoms with Crippen molar-refractivity contribution in [1.82, 2.24) is 25.0 Å². The molecule has 1 aromatic carbocycles. The molecule has 0 aliphatic carbocycles. The monoisotopic (exact) mass is 540 g/mol. The zero-order valence-electron chi connectivity index (χ0n) is 23.9. The minimum Gasteiger partial charge on any atom is -0.434 e. The van der Waals surface area contributed by atoms with Gasteiger partial charge in [0.1, 0.15) is 24.2 Å². The largest absolute Gasteiger partial charge is 0.434 e. The van der Waals surface area contributed by atoms with Gasteiger partial charge in [0.2, 0.25) is 0 Å². The minimum atomic E-state index is -0.506. The molecule has 39 heavy (non-hydrogen) atoms. The molecule has 9 nitrogen and oxygen atoms in total. The predicted molar refractivity (Wildman–Crippen MR) is 148 cm³/mol. The highest BCUT2D eigenvalue weighted by Gasteiger charge is 2.50. The van der Waals surface area contributed by atoms with Crippen LogP contribution in [0.4, 0.5) is 10.2 Å². The number of aldehydes is 1. The van der Waals surface area contributed by atoms with E-state index in [1.165, 1.54) is 24.5 Å². The van der Waals surface area contributed by atoms with Crippen LogP contribution < -0.4 is 9.64 Å². The Morgan fingerprint density at radius 3 is 2.56 bits per heavy atom. The van der Waals surface area contributed by atoms with Gasteiger partial charge in [0.05, 0.1) is 11.6 Å². The summed E-state index contributed by atoms with van der Waals surface area (Å²) in [4.78, 5) is 35.4. The van der Waals surface area contributed by atoms with Gasteiger partial charge < -0.3 is 14.4 Å². The Bertz CT molecular complexity index is 1160. The van der Waals surface area contributed by atoms with Gasteiger partial charge in [-0.3, -0.25) is 14.6 Å². The number of anilines is 1. The Kier molecular flexibility index (Phi) is 8.96. The fourth-order valence-electron chi connectivity index (χ4n) is 6.32. The summed E-state index contributed by atoms with van der Waals surface area (Å²) in [5.41, 5.74) is 0.325. The maximum Gasteiger partial charge on any atom is 0.282 e. The number of benzene rings is 1. The summed E-state index contributed by atoms with van der Waals surface area (Å²) in [6.45, 7) is 11.9. The number of rotatable bonds is 12. The van der Waals surface area contributed by atoms with E-state index in [4.69, 9.17) is 4.74 Å². The van der Waals surface area contributed by atoms with Crippen molar-refractivity contribution in [3.05, 3.63) is 35.9 Å². The van der Waals surface area contributed by atoms with E-state index < -0.39 is 11.9 Å². The first-order valence-electron chi connectivity index (χ1n) is 13.8. The molecule has 1 aromatic heterocycles. The van der Waals surface area contributed by atoms with E-state index in [0.717, 1.165) is 45.3 Å². The van der Waals surface area contributed by atoms with E-state index in [0.29, 0.717) is 24.2 Å². The van der Waals surface area contributed by atoms with Gasteiger partial charge in [0.15, 0.2) is 11.6 Å². The second-order valence-corrected chi connectivity index (χ2v) is 12.0. The summed E-state index contributed by atoms with van der Waals surface area (Å²) in [5, 5.41) is 8.15. The van der Waals surface area contributed by atoms with Crippen molar-refractivity contribution < 1.29 is 18.7 Å². The molecule has 1 spiro atoms. The van der Waals surface area contributed by atoms with Crippen molar-refractivity contribution in [3.8, 4) is 11.6 Å². The van der Waals surface area contributed by atoms with E-state index in [9.17, 15) is 14.0 Å². The smallest absolute Gasteiger partial charge is 0.282 e. The molecule has 2 aromatic rings. The molecule has 2 atom stereocenters. The second-order valence-electron chi connectivity index (χ2n) is 12.0. The van der Waals surface area contributed by atoms with Crippen LogP contribution in [0.3, 0.4) is 0 Å². The van der Waals surface area contributed by atoms with E-state index >= 15 is 0 Å². The normalized spacial score (nSPS) is 18.6. The molecule has 2 fully saturated rings. The van der Waals surface area contributed by atoms with Gasteiger partial charge in [0.25, 0.3) is 5.88 Å². The van der Waals surface area contributed by atoms with E-state index in [-0.39, 0.29) is 34.3 Å².